The van der Waals surface area contributed by atoms with Gasteiger partial charge in [0, 0.05) is 13.2 Å². The third kappa shape index (κ3) is 5.35. The molecule has 2 aromatic carbocycles. The lowest BCUT2D eigenvalue weighted by Crippen LogP contribution is -2.29. The van der Waals surface area contributed by atoms with Gasteiger partial charge in [0.15, 0.2) is 0 Å². The minimum Gasteiger partial charge on any atom is -0.488 e. The van der Waals surface area contributed by atoms with E-state index in [0.29, 0.717) is 24.3 Å². The van der Waals surface area contributed by atoms with Gasteiger partial charge in [-0.25, -0.2) is 4.39 Å². The van der Waals surface area contributed by atoms with Crippen molar-refractivity contribution in [3.05, 3.63) is 65.5 Å². The molecular formula is C19H22FNO3. The molecule has 2 aromatic rings. The van der Waals surface area contributed by atoms with E-state index in [-0.39, 0.29) is 30.9 Å². The van der Waals surface area contributed by atoms with E-state index in [2.05, 4.69) is 5.32 Å². The number of ether oxygens (including phenoxy) is 1. The summed E-state index contributed by atoms with van der Waals surface area (Å²) in [7, 11) is 0. The smallest absolute Gasteiger partial charge is 0.255 e. The first-order valence-corrected chi connectivity index (χ1v) is 7.95. The second-order valence-electron chi connectivity index (χ2n) is 5.74. The molecule has 0 aliphatic rings. The number of aliphatic hydroxyl groups is 1. The molecule has 0 saturated carbocycles. The van der Waals surface area contributed by atoms with E-state index in [0.717, 1.165) is 5.56 Å². The van der Waals surface area contributed by atoms with Crippen molar-refractivity contribution in [1.29, 1.82) is 0 Å². The molecule has 128 valence electrons. The Labute approximate surface area is 141 Å². The minimum atomic E-state index is -0.296. The molecule has 1 unspecified atom stereocenters. The van der Waals surface area contributed by atoms with Gasteiger partial charge in [0.25, 0.3) is 5.91 Å². The van der Waals surface area contributed by atoms with Gasteiger partial charge in [0.2, 0.25) is 0 Å². The maximum atomic E-state index is 12.9. The maximum Gasteiger partial charge on any atom is 0.255 e. The van der Waals surface area contributed by atoms with Crippen molar-refractivity contribution in [1.82, 2.24) is 5.32 Å². The Morgan fingerprint density at radius 1 is 1.21 bits per heavy atom. The van der Waals surface area contributed by atoms with Crippen LogP contribution < -0.4 is 10.1 Å². The summed E-state index contributed by atoms with van der Waals surface area (Å²) in [5.41, 5.74) is 1.28. The summed E-state index contributed by atoms with van der Waals surface area (Å²) in [4.78, 5) is 12.3. The van der Waals surface area contributed by atoms with Gasteiger partial charge in [-0.3, -0.25) is 4.79 Å². The Kier molecular flexibility index (Phi) is 6.75. The third-order valence-electron chi connectivity index (χ3n) is 3.67. The molecule has 0 radical (unpaired) electrons. The number of carbonyl (C=O) groups excluding carboxylic acids is 1. The summed E-state index contributed by atoms with van der Waals surface area (Å²) in [6.07, 6.45) is 0.642. The van der Waals surface area contributed by atoms with Crippen LogP contribution in [0, 0.1) is 11.7 Å². The van der Waals surface area contributed by atoms with Gasteiger partial charge in [-0.2, -0.15) is 0 Å². The fourth-order valence-electron chi connectivity index (χ4n) is 2.21. The number of hydrogen-bond acceptors (Lipinski definition) is 3. The number of para-hydroxylation sites is 1. The first-order chi connectivity index (χ1) is 11.6. The summed E-state index contributed by atoms with van der Waals surface area (Å²) in [5, 5.41) is 11.8. The molecule has 0 fully saturated rings. The molecule has 0 aliphatic carbocycles. The number of carbonyl (C=O) groups is 1. The van der Waals surface area contributed by atoms with Gasteiger partial charge >= 0.3 is 0 Å². The largest absolute Gasteiger partial charge is 0.488 e. The molecule has 0 aromatic heterocycles. The zero-order valence-electron chi connectivity index (χ0n) is 13.7. The van der Waals surface area contributed by atoms with Crippen molar-refractivity contribution in [2.45, 2.75) is 20.0 Å². The van der Waals surface area contributed by atoms with Crippen LogP contribution in [0.25, 0.3) is 0 Å². The van der Waals surface area contributed by atoms with E-state index in [1.807, 2.05) is 6.92 Å². The Bertz CT molecular complexity index is 658. The SMILES string of the molecule is CC(CCO)CNC(=O)c1ccccc1OCc1ccc(F)cc1. The Morgan fingerprint density at radius 3 is 2.62 bits per heavy atom. The molecule has 0 aliphatic heterocycles. The lowest BCUT2D eigenvalue weighted by molar-refractivity contribution is 0.0941. The first-order valence-electron chi connectivity index (χ1n) is 7.95. The van der Waals surface area contributed by atoms with Crippen molar-refractivity contribution in [2.24, 2.45) is 5.92 Å². The summed E-state index contributed by atoms with van der Waals surface area (Å²) in [6, 6.07) is 13.0. The van der Waals surface area contributed by atoms with Crippen molar-refractivity contribution in [2.75, 3.05) is 13.2 Å². The zero-order chi connectivity index (χ0) is 17.4. The average molecular weight is 331 g/mol. The second-order valence-corrected chi connectivity index (χ2v) is 5.74. The second kappa shape index (κ2) is 9.03. The van der Waals surface area contributed by atoms with Gasteiger partial charge in [-0.1, -0.05) is 31.2 Å². The quantitative estimate of drug-likeness (QED) is 0.781. The molecule has 0 heterocycles. The normalized spacial score (nSPS) is 11.8. The van der Waals surface area contributed by atoms with E-state index >= 15 is 0 Å². The average Bonchev–Trinajstić information content (AvgIpc) is 2.60. The highest BCUT2D eigenvalue weighted by atomic mass is 19.1. The van der Waals surface area contributed by atoms with E-state index in [1.165, 1.54) is 12.1 Å². The topological polar surface area (TPSA) is 58.6 Å². The monoisotopic (exact) mass is 331 g/mol. The van der Waals surface area contributed by atoms with Crippen LogP contribution in [-0.2, 0) is 6.61 Å². The van der Waals surface area contributed by atoms with Crippen LogP contribution >= 0.6 is 0 Å². The molecular weight excluding hydrogens is 309 g/mol. The highest BCUT2D eigenvalue weighted by molar-refractivity contribution is 5.96. The molecule has 0 bridgehead atoms. The van der Waals surface area contributed by atoms with Gasteiger partial charge < -0.3 is 15.2 Å². The molecule has 5 heteroatoms. The number of benzene rings is 2. The van der Waals surface area contributed by atoms with Crippen molar-refractivity contribution in [3.63, 3.8) is 0 Å². The molecule has 1 atom stereocenters. The van der Waals surface area contributed by atoms with Crippen LogP contribution in [0.4, 0.5) is 4.39 Å². The molecule has 1 amide bonds. The van der Waals surface area contributed by atoms with E-state index in [9.17, 15) is 9.18 Å². The summed E-state index contributed by atoms with van der Waals surface area (Å²) < 4.78 is 18.6. The standard InChI is InChI=1S/C19H22FNO3/c1-14(10-11-22)12-21-19(23)17-4-2-3-5-18(17)24-13-15-6-8-16(20)9-7-15/h2-9,14,22H,10-13H2,1H3,(H,21,23). The number of rotatable bonds is 8. The predicted molar refractivity (Wildman–Crippen MR) is 90.4 cm³/mol. The van der Waals surface area contributed by atoms with Crippen molar-refractivity contribution < 1.29 is 19.0 Å². The molecule has 2 rings (SSSR count). The number of nitrogens with one attached hydrogen (secondary N) is 1. The zero-order valence-corrected chi connectivity index (χ0v) is 13.7. The number of hydrogen-bond donors (Lipinski definition) is 2. The number of aliphatic hydroxyl groups excluding tert-OH is 1. The Balaban J connectivity index is 1.98. The van der Waals surface area contributed by atoms with Gasteiger partial charge in [-0.05, 0) is 42.2 Å². The molecule has 24 heavy (non-hydrogen) atoms. The Hall–Kier alpha value is -2.40. The van der Waals surface area contributed by atoms with Gasteiger partial charge in [0.05, 0.1) is 5.56 Å². The van der Waals surface area contributed by atoms with Crippen molar-refractivity contribution in [3.8, 4) is 5.75 Å². The van der Waals surface area contributed by atoms with Crippen LogP contribution in [0.3, 0.4) is 0 Å². The predicted octanol–water partition coefficient (Wildman–Crippen LogP) is 3.15. The summed E-state index contributed by atoms with van der Waals surface area (Å²) >= 11 is 0. The summed E-state index contributed by atoms with van der Waals surface area (Å²) in [5.74, 6) is 0.172. The van der Waals surface area contributed by atoms with Crippen LogP contribution in [-0.4, -0.2) is 24.2 Å². The van der Waals surface area contributed by atoms with E-state index < -0.39 is 0 Å². The number of halogens is 1. The molecule has 2 N–H and O–H groups in total. The van der Waals surface area contributed by atoms with Crippen LogP contribution in [0.5, 0.6) is 5.75 Å². The number of amides is 1. The molecule has 0 spiro atoms. The minimum absolute atomic E-state index is 0.106. The van der Waals surface area contributed by atoms with Gasteiger partial charge in [0.1, 0.15) is 18.2 Å². The fraction of sp³-hybridized carbons (Fsp3) is 0.316. The van der Waals surface area contributed by atoms with Crippen molar-refractivity contribution >= 4 is 5.91 Å². The lowest BCUT2D eigenvalue weighted by atomic mass is 10.1. The Morgan fingerprint density at radius 2 is 1.92 bits per heavy atom. The van der Waals surface area contributed by atoms with Crippen LogP contribution in [0.2, 0.25) is 0 Å². The van der Waals surface area contributed by atoms with Crippen LogP contribution in [0.15, 0.2) is 48.5 Å². The fourth-order valence-corrected chi connectivity index (χ4v) is 2.21. The van der Waals surface area contributed by atoms with E-state index in [4.69, 9.17) is 9.84 Å². The molecule has 0 saturated heterocycles. The summed E-state index contributed by atoms with van der Waals surface area (Å²) in [6.45, 7) is 2.82. The maximum absolute atomic E-state index is 12.9. The van der Waals surface area contributed by atoms with E-state index in [1.54, 1.807) is 36.4 Å². The lowest BCUT2D eigenvalue weighted by Gasteiger charge is -2.14. The first kappa shape index (κ1) is 17.9. The highest BCUT2D eigenvalue weighted by Gasteiger charge is 2.13. The van der Waals surface area contributed by atoms with Gasteiger partial charge in [-0.15, -0.1) is 0 Å². The third-order valence-corrected chi connectivity index (χ3v) is 3.67. The molecule has 4 nitrogen and oxygen atoms in total. The highest BCUT2D eigenvalue weighted by Crippen LogP contribution is 2.19. The van der Waals surface area contributed by atoms with Crippen LogP contribution in [0.1, 0.15) is 29.3 Å².